The number of benzene rings is 1. The molecule has 5 nitrogen and oxygen atoms in total. The molecule has 0 bridgehead atoms. The van der Waals surface area contributed by atoms with Gasteiger partial charge in [0.2, 0.25) is 0 Å². The first-order chi connectivity index (χ1) is 6.77. The molecule has 0 saturated carbocycles. The van der Waals surface area contributed by atoms with E-state index in [0.29, 0.717) is 11.0 Å². The van der Waals surface area contributed by atoms with Crippen molar-refractivity contribution in [1.82, 2.24) is 15.0 Å². The van der Waals surface area contributed by atoms with Crippen LogP contribution in [0.25, 0.3) is 11.0 Å². The zero-order valence-electron chi connectivity index (χ0n) is 7.01. The van der Waals surface area contributed by atoms with Crippen LogP contribution in [0.1, 0.15) is 0 Å². The van der Waals surface area contributed by atoms with Gasteiger partial charge < -0.3 is 5.11 Å². The lowest BCUT2D eigenvalue weighted by atomic mass is 10.3. The predicted octanol–water partition coefficient (Wildman–Crippen LogP) is 0.325. The van der Waals surface area contributed by atoms with Crippen molar-refractivity contribution in [3.8, 4) is 12.0 Å². The Morgan fingerprint density at radius 2 is 2.21 bits per heavy atom. The Balaban J connectivity index is 2.55. The van der Waals surface area contributed by atoms with Gasteiger partial charge in [-0.15, -0.1) is 5.10 Å². The lowest BCUT2D eigenvalue weighted by Gasteiger charge is -1.87. The highest BCUT2D eigenvalue weighted by Crippen LogP contribution is 2.07. The average Bonchev–Trinajstić information content (AvgIpc) is 2.58. The number of hydrogen-bond donors (Lipinski definition) is 1. The Labute approximate surface area is 79.0 Å². The van der Waals surface area contributed by atoms with Crippen LogP contribution in [-0.2, 0) is 4.79 Å². The van der Waals surface area contributed by atoms with Crippen molar-refractivity contribution in [2.24, 2.45) is 0 Å². The fourth-order valence-electron chi connectivity index (χ4n) is 1.05. The quantitative estimate of drug-likeness (QED) is 0.603. The number of carboxylic acids is 1. The van der Waals surface area contributed by atoms with Crippen LogP contribution in [0.3, 0.4) is 0 Å². The van der Waals surface area contributed by atoms with Crippen LogP contribution < -0.4 is 0 Å². The summed E-state index contributed by atoms with van der Waals surface area (Å²) in [7, 11) is 0. The molecular weight excluding hydrogens is 182 g/mol. The van der Waals surface area contributed by atoms with E-state index in [9.17, 15) is 4.79 Å². The second-order valence-corrected chi connectivity index (χ2v) is 2.53. The molecule has 0 aliphatic carbocycles. The average molecular weight is 187 g/mol. The number of hydrogen-bond acceptors (Lipinski definition) is 3. The lowest BCUT2D eigenvalue weighted by molar-refractivity contribution is -0.130. The summed E-state index contributed by atoms with van der Waals surface area (Å²) in [6, 6.07) is 9.54. The molecule has 1 aromatic heterocycles. The number of aromatic nitrogens is 3. The van der Waals surface area contributed by atoms with Crippen molar-refractivity contribution < 1.29 is 9.90 Å². The molecule has 1 N–H and O–H groups in total. The van der Waals surface area contributed by atoms with E-state index < -0.39 is 5.97 Å². The second-order valence-electron chi connectivity index (χ2n) is 2.53. The number of nitrogens with zero attached hydrogens (tertiary/aromatic N) is 3. The molecule has 5 heteroatoms. The molecule has 2 rings (SSSR count). The summed E-state index contributed by atoms with van der Waals surface area (Å²) in [5.74, 6) is 0.777. The third kappa shape index (κ3) is 1.41. The van der Waals surface area contributed by atoms with E-state index in [1.165, 1.54) is 4.68 Å². The van der Waals surface area contributed by atoms with Gasteiger partial charge in [-0.25, -0.2) is 4.79 Å². The lowest BCUT2D eigenvalue weighted by Crippen LogP contribution is -1.94. The standard InChI is InChI=1S/C9H5N3O2/c13-9(14)5-6-12-8-4-2-1-3-7(8)10-11-12/h1-4H,(H,13,14). The van der Waals surface area contributed by atoms with Gasteiger partial charge in [0.05, 0.1) is 0 Å². The van der Waals surface area contributed by atoms with Gasteiger partial charge in [0.25, 0.3) is 0 Å². The van der Waals surface area contributed by atoms with Crippen molar-refractivity contribution in [2.45, 2.75) is 0 Å². The van der Waals surface area contributed by atoms with Crippen LogP contribution in [-0.4, -0.2) is 26.1 Å². The largest absolute Gasteiger partial charge is 0.472 e. The third-order valence-electron chi connectivity index (χ3n) is 1.62. The number of carbonyl (C=O) groups is 1. The first-order valence-corrected chi connectivity index (χ1v) is 3.83. The van der Waals surface area contributed by atoms with Crippen molar-refractivity contribution in [2.75, 3.05) is 0 Å². The zero-order valence-corrected chi connectivity index (χ0v) is 7.01. The van der Waals surface area contributed by atoms with Gasteiger partial charge in [0, 0.05) is 12.0 Å². The molecule has 0 fully saturated rings. The zero-order chi connectivity index (χ0) is 9.97. The van der Waals surface area contributed by atoms with Crippen molar-refractivity contribution >= 4 is 17.0 Å². The number of rotatable bonds is 0. The van der Waals surface area contributed by atoms with Crippen LogP contribution in [0.4, 0.5) is 0 Å². The summed E-state index contributed by atoms with van der Waals surface area (Å²) in [5.41, 5.74) is 1.38. The van der Waals surface area contributed by atoms with Crippen LogP contribution >= 0.6 is 0 Å². The summed E-state index contributed by atoms with van der Waals surface area (Å²) in [6.45, 7) is 0. The molecule has 0 spiro atoms. The van der Waals surface area contributed by atoms with Crippen molar-refractivity contribution in [3.63, 3.8) is 0 Å². The van der Waals surface area contributed by atoms with Gasteiger partial charge in [-0.2, -0.15) is 4.68 Å². The molecule has 0 aliphatic rings. The molecule has 0 amide bonds. The van der Waals surface area contributed by atoms with Gasteiger partial charge in [0.1, 0.15) is 11.0 Å². The van der Waals surface area contributed by atoms with E-state index in [0.717, 1.165) is 0 Å². The van der Waals surface area contributed by atoms with Gasteiger partial charge in [0.15, 0.2) is 0 Å². The van der Waals surface area contributed by atoms with Gasteiger partial charge in [-0.3, -0.25) is 0 Å². The Hall–Kier alpha value is -2.35. The fourth-order valence-corrected chi connectivity index (χ4v) is 1.05. The molecule has 1 aromatic carbocycles. The maximum Gasteiger partial charge on any atom is 0.383 e. The normalized spacial score (nSPS) is 9.43. The molecule has 1 heterocycles. The highest BCUT2D eigenvalue weighted by atomic mass is 16.4. The molecule has 0 atom stereocenters. The van der Waals surface area contributed by atoms with E-state index in [2.05, 4.69) is 16.4 Å². The number of fused-ring (bicyclic) bond motifs is 1. The highest BCUT2D eigenvalue weighted by Gasteiger charge is 1.99. The van der Waals surface area contributed by atoms with E-state index in [1.54, 1.807) is 12.1 Å². The first kappa shape index (κ1) is 8.26. The number of para-hydroxylation sites is 1. The third-order valence-corrected chi connectivity index (χ3v) is 1.62. The van der Waals surface area contributed by atoms with Crippen LogP contribution in [0.15, 0.2) is 24.3 Å². The molecule has 0 unspecified atom stereocenters. The maximum absolute atomic E-state index is 10.2. The molecule has 0 saturated heterocycles. The number of carboxylic acid groups (broad SMARTS) is 1. The molecule has 0 radical (unpaired) electrons. The van der Waals surface area contributed by atoms with Crippen LogP contribution in [0.5, 0.6) is 0 Å². The van der Waals surface area contributed by atoms with Crippen molar-refractivity contribution in [1.29, 1.82) is 0 Å². The van der Waals surface area contributed by atoms with E-state index in [1.807, 2.05) is 18.1 Å². The smallest absolute Gasteiger partial charge is 0.383 e. The second kappa shape index (κ2) is 3.18. The first-order valence-electron chi connectivity index (χ1n) is 3.83. The minimum absolute atomic E-state index is 0.687. The molecule has 68 valence electrons. The van der Waals surface area contributed by atoms with Crippen LogP contribution in [0.2, 0.25) is 0 Å². The van der Waals surface area contributed by atoms with Crippen LogP contribution in [0, 0.1) is 12.0 Å². The molecule has 14 heavy (non-hydrogen) atoms. The summed E-state index contributed by atoms with van der Waals surface area (Å²) < 4.78 is 1.24. The molecule has 0 aliphatic heterocycles. The van der Waals surface area contributed by atoms with Crippen molar-refractivity contribution in [3.05, 3.63) is 24.3 Å². The summed E-state index contributed by atoms with van der Waals surface area (Å²) in [5, 5.41) is 15.9. The molecule has 2 aromatic rings. The van der Waals surface area contributed by atoms with E-state index in [4.69, 9.17) is 5.11 Å². The van der Waals surface area contributed by atoms with E-state index >= 15 is 0 Å². The minimum atomic E-state index is -1.19. The highest BCUT2D eigenvalue weighted by molar-refractivity contribution is 5.86. The molecular formula is C9H5N3O2. The summed E-state index contributed by atoms with van der Waals surface area (Å²) in [6.07, 6.45) is 0. The maximum atomic E-state index is 10.2. The van der Waals surface area contributed by atoms with Gasteiger partial charge >= 0.3 is 5.97 Å². The topological polar surface area (TPSA) is 68.0 Å². The van der Waals surface area contributed by atoms with Gasteiger partial charge in [-0.05, 0) is 12.1 Å². The SMILES string of the molecule is O=C(O)C#Cn1nnc2ccccc21. The monoisotopic (exact) mass is 187 g/mol. The van der Waals surface area contributed by atoms with Gasteiger partial charge in [-0.1, -0.05) is 17.3 Å². The summed E-state index contributed by atoms with van der Waals surface area (Å²) >= 11 is 0. The Bertz CT molecular complexity index is 548. The predicted molar refractivity (Wildman–Crippen MR) is 48.3 cm³/mol. The van der Waals surface area contributed by atoms with E-state index in [-0.39, 0.29) is 0 Å². The summed E-state index contributed by atoms with van der Waals surface area (Å²) in [4.78, 5) is 10.2. The Morgan fingerprint density at radius 1 is 1.43 bits per heavy atom. The fraction of sp³-hybridized carbons (Fsp3) is 0. The Kier molecular flexibility index (Phi) is 1.88. The Morgan fingerprint density at radius 3 is 3.00 bits per heavy atom. The number of aliphatic carboxylic acids is 1. The minimum Gasteiger partial charge on any atom is -0.472 e.